The van der Waals surface area contributed by atoms with Crippen LogP contribution in [-0.2, 0) is 0 Å². The van der Waals surface area contributed by atoms with Gasteiger partial charge in [0, 0.05) is 19.2 Å². The molecule has 1 N–H and O–H groups in total. The van der Waals surface area contributed by atoms with E-state index in [4.69, 9.17) is 4.52 Å². The monoisotopic (exact) mass is 223 g/mol. The lowest BCUT2D eigenvalue weighted by Gasteiger charge is -2.30. The molecule has 1 aromatic heterocycles. The first-order valence-electron chi connectivity index (χ1n) is 5.59. The molecule has 0 atom stereocenters. The molecule has 88 valence electrons. The number of carbonyl (C=O) groups excluding carboxylic acids is 1. The summed E-state index contributed by atoms with van der Waals surface area (Å²) >= 11 is 0. The number of rotatable bonds is 2. The van der Waals surface area contributed by atoms with Gasteiger partial charge in [0.1, 0.15) is 0 Å². The molecule has 0 aliphatic carbocycles. The summed E-state index contributed by atoms with van der Waals surface area (Å²) in [6.45, 7) is 3.75. The van der Waals surface area contributed by atoms with Crippen molar-refractivity contribution in [1.82, 2.24) is 15.4 Å². The summed E-state index contributed by atoms with van der Waals surface area (Å²) in [5.41, 5.74) is 0.738. The first-order valence-corrected chi connectivity index (χ1v) is 5.59. The lowest BCUT2D eigenvalue weighted by molar-refractivity contribution is 0.0661. The first kappa shape index (κ1) is 11.1. The van der Waals surface area contributed by atoms with E-state index in [1.54, 1.807) is 11.0 Å². The van der Waals surface area contributed by atoms with Crippen LogP contribution in [-0.4, -0.2) is 42.1 Å². The quantitative estimate of drug-likeness (QED) is 0.806. The lowest BCUT2D eigenvalue weighted by Crippen LogP contribution is -2.43. The van der Waals surface area contributed by atoms with Crippen molar-refractivity contribution in [3.63, 3.8) is 0 Å². The fourth-order valence-electron chi connectivity index (χ4n) is 2.00. The van der Waals surface area contributed by atoms with Crippen LogP contribution in [0.2, 0.25) is 0 Å². The number of carbonyl (C=O) groups is 1. The van der Waals surface area contributed by atoms with Crippen molar-refractivity contribution in [2.24, 2.45) is 0 Å². The molecule has 0 saturated carbocycles. The zero-order valence-corrected chi connectivity index (χ0v) is 9.69. The molecule has 1 aliphatic heterocycles. The minimum absolute atomic E-state index is 0.0764. The number of nitrogens with one attached hydrogen (secondary N) is 1. The SMILES string of the molecule is Cc1cc(C(=O)N(C)C2CCNCC2)on1. The van der Waals surface area contributed by atoms with Gasteiger partial charge in [-0.15, -0.1) is 0 Å². The normalized spacial score (nSPS) is 17.4. The molecule has 2 rings (SSSR count). The van der Waals surface area contributed by atoms with Crippen molar-refractivity contribution < 1.29 is 9.32 Å². The molecule has 2 heterocycles. The van der Waals surface area contributed by atoms with E-state index in [1.807, 2.05) is 14.0 Å². The van der Waals surface area contributed by atoms with E-state index in [1.165, 1.54) is 0 Å². The number of hydrogen-bond acceptors (Lipinski definition) is 4. The fraction of sp³-hybridized carbons (Fsp3) is 0.636. The summed E-state index contributed by atoms with van der Waals surface area (Å²) in [5.74, 6) is 0.256. The Labute approximate surface area is 94.8 Å². The van der Waals surface area contributed by atoms with E-state index < -0.39 is 0 Å². The van der Waals surface area contributed by atoms with Gasteiger partial charge in [-0.2, -0.15) is 0 Å². The van der Waals surface area contributed by atoms with E-state index in [2.05, 4.69) is 10.5 Å². The molecule has 0 spiro atoms. The van der Waals surface area contributed by atoms with E-state index in [0.717, 1.165) is 31.6 Å². The Balaban J connectivity index is 2.03. The van der Waals surface area contributed by atoms with Gasteiger partial charge in [-0.3, -0.25) is 4.79 Å². The number of aromatic nitrogens is 1. The van der Waals surface area contributed by atoms with Crippen LogP contribution in [0.5, 0.6) is 0 Å². The summed E-state index contributed by atoms with van der Waals surface area (Å²) in [7, 11) is 1.83. The Bertz CT molecular complexity index is 369. The molecule has 1 fully saturated rings. The number of piperidine rings is 1. The maximum atomic E-state index is 12.0. The highest BCUT2D eigenvalue weighted by atomic mass is 16.5. The second-order valence-electron chi connectivity index (χ2n) is 4.23. The van der Waals surface area contributed by atoms with Crippen molar-refractivity contribution in [3.8, 4) is 0 Å². The van der Waals surface area contributed by atoms with Crippen LogP contribution in [0.4, 0.5) is 0 Å². The van der Waals surface area contributed by atoms with E-state index >= 15 is 0 Å². The van der Waals surface area contributed by atoms with Gasteiger partial charge in [-0.05, 0) is 32.9 Å². The zero-order valence-electron chi connectivity index (χ0n) is 9.69. The summed E-state index contributed by atoms with van der Waals surface area (Å²) in [6, 6.07) is 1.99. The van der Waals surface area contributed by atoms with Crippen molar-refractivity contribution >= 4 is 5.91 Å². The second kappa shape index (κ2) is 4.65. The maximum Gasteiger partial charge on any atom is 0.292 e. The van der Waals surface area contributed by atoms with E-state index in [9.17, 15) is 4.79 Å². The largest absolute Gasteiger partial charge is 0.351 e. The van der Waals surface area contributed by atoms with Crippen LogP contribution in [0.1, 0.15) is 29.1 Å². The van der Waals surface area contributed by atoms with Gasteiger partial charge < -0.3 is 14.7 Å². The van der Waals surface area contributed by atoms with Crippen LogP contribution >= 0.6 is 0 Å². The minimum Gasteiger partial charge on any atom is -0.351 e. The smallest absolute Gasteiger partial charge is 0.292 e. The Morgan fingerprint density at radius 2 is 2.25 bits per heavy atom. The summed E-state index contributed by atoms with van der Waals surface area (Å²) in [6.07, 6.45) is 1.99. The summed E-state index contributed by atoms with van der Waals surface area (Å²) in [4.78, 5) is 13.8. The molecule has 0 unspecified atom stereocenters. The molecule has 1 saturated heterocycles. The van der Waals surface area contributed by atoms with Gasteiger partial charge in [0.2, 0.25) is 5.76 Å². The number of aryl methyl sites for hydroxylation is 1. The Kier molecular flexibility index (Phi) is 3.24. The topological polar surface area (TPSA) is 58.4 Å². The Morgan fingerprint density at radius 1 is 1.56 bits per heavy atom. The van der Waals surface area contributed by atoms with Gasteiger partial charge in [0.05, 0.1) is 5.69 Å². The molecule has 1 amide bonds. The molecular weight excluding hydrogens is 206 g/mol. The van der Waals surface area contributed by atoms with Crippen molar-refractivity contribution in [2.75, 3.05) is 20.1 Å². The van der Waals surface area contributed by atoms with E-state index in [0.29, 0.717) is 11.8 Å². The summed E-state index contributed by atoms with van der Waals surface area (Å²) < 4.78 is 4.98. The summed E-state index contributed by atoms with van der Waals surface area (Å²) in [5, 5.41) is 7.01. The van der Waals surface area contributed by atoms with Crippen molar-refractivity contribution in [3.05, 3.63) is 17.5 Å². The van der Waals surface area contributed by atoms with Crippen LogP contribution in [0.15, 0.2) is 10.6 Å². The molecule has 5 heteroatoms. The molecule has 0 radical (unpaired) electrons. The van der Waals surface area contributed by atoms with Crippen LogP contribution in [0.25, 0.3) is 0 Å². The van der Waals surface area contributed by atoms with Gasteiger partial charge in [0.25, 0.3) is 5.91 Å². The molecule has 1 aliphatic rings. The van der Waals surface area contributed by atoms with Crippen molar-refractivity contribution in [1.29, 1.82) is 0 Å². The van der Waals surface area contributed by atoms with Crippen LogP contribution < -0.4 is 5.32 Å². The highest BCUT2D eigenvalue weighted by molar-refractivity contribution is 5.91. The fourth-order valence-corrected chi connectivity index (χ4v) is 2.00. The predicted octanol–water partition coefficient (Wildman–Crippen LogP) is 0.807. The molecule has 0 aromatic carbocycles. The zero-order chi connectivity index (χ0) is 11.5. The average Bonchev–Trinajstić information content (AvgIpc) is 2.75. The number of amides is 1. The lowest BCUT2D eigenvalue weighted by atomic mass is 10.1. The first-order chi connectivity index (χ1) is 7.68. The standard InChI is InChI=1S/C11H17N3O2/c1-8-7-10(16-13-8)11(15)14(2)9-3-5-12-6-4-9/h7,9,12H,3-6H2,1-2H3. The number of nitrogens with zero attached hydrogens (tertiary/aromatic N) is 2. The average molecular weight is 223 g/mol. The second-order valence-corrected chi connectivity index (χ2v) is 4.23. The molecular formula is C11H17N3O2. The Morgan fingerprint density at radius 3 is 2.81 bits per heavy atom. The Hall–Kier alpha value is -1.36. The third-order valence-electron chi connectivity index (χ3n) is 3.02. The predicted molar refractivity (Wildman–Crippen MR) is 59.2 cm³/mol. The third kappa shape index (κ3) is 2.24. The van der Waals surface area contributed by atoms with Crippen LogP contribution in [0.3, 0.4) is 0 Å². The highest BCUT2D eigenvalue weighted by Gasteiger charge is 2.25. The van der Waals surface area contributed by atoms with Crippen molar-refractivity contribution in [2.45, 2.75) is 25.8 Å². The third-order valence-corrected chi connectivity index (χ3v) is 3.02. The highest BCUT2D eigenvalue weighted by Crippen LogP contribution is 2.14. The van der Waals surface area contributed by atoms with E-state index in [-0.39, 0.29) is 5.91 Å². The molecule has 16 heavy (non-hydrogen) atoms. The molecule has 1 aromatic rings. The minimum atomic E-state index is -0.0764. The number of hydrogen-bond donors (Lipinski definition) is 1. The van der Waals surface area contributed by atoms with Gasteiger partial charge in [-0.25, -0.2) is 0 Å². The molecule has 5 nitrogen and oxygen atoms in total. The van der Waals surface area contributed by atoms with Gasteiger partial charge in [0.15, 0.2) is 0 Å². The van der Waals surface area contributed by atoms with Gasteiger partial charge >= 0.3 is 0 Å². The van der Waals surface area contributed by atoms with Gasteiger partial charge in [-0.1, -0.05) is 5.16 Å². The van der Waals surface area contributed by atoms with Crippen LogP contribution in [0, 0.1) is 6.92 Å². The molecule has 0 bridgehead atoms. The maximum absolute atomic E-state index is 12.0.